The fraction of sp³-hybridized carbons (Fsp3) is 0.182. The molecule has 0 unspecified atom stereocenters. The van der Waals surface area contributed by atoms with E-state index < -0.39 is 11.6 Å². The molecule has 0 radical (unpaired) electrons. The molecule has 0 saturated heterocycles. The second-order valence-corrected chi connectivity index (χ2v) is 3.31. The zero-order chi connectivity index (χ0) is 11.5. The van der Waals surface area contributed by atoms with Crippen LogP contribution in [0.25, 0.3) is 0 Å². The van der Waals surface area contributed by atoms with Crippen molar-refractivity contribution >= 4 is 0 Å². The second-order valence-electron chi connectivity index (χ2n) is 3.31. The first-order valence-electron chi connectivity index (χ1n) is 4.71. The van der Waals surface area contributed by atoms with Crippen molar-refractivity contribution in [3.63, 3.8) is 0 Å². The first kappa shape index (κ1) is 10.6. The third-order valence-electron chi connectivity index (χ3n) is 2.19. The summed E-state index contributed by atoms with van der Waals surface area (Å²) in [6.07, 6.45) is 1.62. The van der Waals surface area contributed by atoms with Crippen LogP contribution in [-0.2, 0) is 13.7 Å². The number of hydrogen-bond acceptors (Lipinski definition) is 2. The van der Waals surface area contributed by atoms with E-state index in [0.717, 1.165) is 17.8 Å². The highest BCUT2D eigenvalue weighted by molar-refractivity contribution is 5.24. The van der Waals surface area contributed by atoms with Crippen molar-refractivity contribution < 1.29 is 13.5 Å². The number of nitrogens with zero attached hydrogens (tertiary/aromatic N) is 2. The molecule has 3 nitrogen and oxygen atoms in total. The number of ether oxygens (including phenoxy) is 1. The largest absolute Gasteiger partial charge is 0.484 e. The van der Waals surface area contributed by atoms with E-state index in [1.807, 2.05) is 0 Å². The lowest BCUT2D eigenvalue weighted by Gasteiger charge is -2.07. The molecule has 16 heavy (non-hydrogen) atoms. The van der Waals surface area contributed by atoms with Gasteiger partial charge in [0.25, 0.3) is 0 Å². The molecule has 1 aromatic heterocycles. The molecule has 0 spiro atoms. The maximum atomic E-state index is 13.2. The van der Waals surface area contributed by atoms with E-state index in [9.17, 15) is 8.78 Å². The van der Waals surface area contributed by atoms with Gasteiger partial charge in [-0.2, -0.15) is 5.10 Å². The maximum absolute atomic E-state index is 13.2. The third-order valence-corrected chi connectivity index (χ3v) is 2.19. The van der Waals surface area contributed by atoms with Crippen LogP contribution in [0, 0.1) is 11.6 Å². The summed E-state index contributed by atoms with van der Waals surface area (Å²) in [7, 11) is 1.76. The van der Waals surface area contributed by atoms with Crippen molar-refractivity contribution in [2.75, 3.05) is 0 Å². The standard InChI is InChI=1S/C11H10F2N2O/c1-15-9(4-5-14-15)7-16-11-3-2-8(12)6-10(11)13/h2-6H,7H2,1H3. The average molecular weight is 224 g/mol. The molecule has 84 valence electrons. The van der Waals surface area contributed by atoms with E-state index in [2.05, 4.69) is 5.10 Å². The van der Waals surface area contributed by atoms with Gasteiger partial charge in [0.2, 0.25) is 0 Å². The van der Waals surface area contributed by atoms with Gasteiger partial charge in [-0.25, -0.2) is 8.78 Å². The van der Waals surface area contributed by atoms with Crippen LogP contribution >= 0.6 is 0 Å². The smallest absolute Gasteiger partial charge is 0.167 e. The molecule has 0 aliphatic heterocycles. The Hall–Kier alpha value is -1.91. The van der Waals surface area contributed by atoms with Crippen LogP contribution < -0.4 is 4.74 Å². The van der Waals surface area contributed by atoms with Crippen LogP contribution in [0.15, 0.2) is 30.5 Å². The van der Waals surface area contributed by atoms with Crippen molar-refractivity contribution in [3.05, 3.63) is 47.8 Å². The normalized spacial score (nSPS) is 10.4. The van der Waals surface area contributed by atoms with E-state index in [1.165, 1.54) is 6.07 Å². The van der Waals surface area contributed by atoms with Gasteiger partial charge in [-0.1, -0.05) is 0 Å². The fourth-order valence-electron chi connectivity index (χ4n) is 1.29. The quantitative estimate of drug-likeness (QED) is 0.799. The summed E-state index contributed by atoms with van der Waals surface area (Å²) in [5.74, 6) is -1.30. The summed E-state index contributed by atoms with van der Waals surface area (Å²) in [5.41, 5.74) is 0.809. The van der Waals surface area contributed by atoms with Crippen LogP contribution in [0.1, 0.15) is 5.69 Å². The first-order chi connectivity index (χ1) is 7.66. The Bertz CT molecular complexity index is 496. The molecule has 0 aliphatic rings. The highest BCUT2D eigenvalue weighted by Gasteiger charge is 2.06. The Morgan fingerprint density at radius 2 is 2.12 bits per heavy atom. The topological polar surface area (TPSA) is 27.1 Å². The minimum absolute atomic E-state index is 0.0302. The molecule has 2 aromatic rings. The van der Waals surface area contributed by atoms with Crippen molar-refractivity contribution in [3.8, 4) is 5.75 Å². The van der Waals surface area contributed by atoms with Gasteiger partial charge in [0.05, 0.1) is 5.69 Å². The van der Waals surface area contributed by atoms with Crippen LogP contribution in [0.4, 0.5) is 8.78 Å². The number of halogens is 2. The van der Waals surface area contributed by atoms with Gasteiger partial charge in [0.15, 0.2) is 11.6 Å². The van der Waals surface area contributed by atoms with E-state index >= 15 is 0 Å². The van der Waals surface area contributed by atoms with Crippen LogP contribution in [0.2, 0.25) is 0 Å². The minimum atomic E-state index is -0.706. The molecular weight excluding hydrogens is 214 g/mol. The Balaban J connectivity index is 2.08. The summed E-state index contributed by atoms with van der Waals surface area (Å²) in [5, 5.41) is 3.95. The molecule has 1 aromatic carbocycles. The molecule has 0 saturated carbocycles. The molecule has 1 heterocycles. The fourth-order valence-corrected chi connectivity index (χ4v) is 1.29. The zero-order valence-corrected chi connectivity index (χ0v) is 8.65. The van der Waals surface area contributed by atoms with Crippen LogP contribution in [-0.4, -0.2) is 9.78 Å². The highest BCUT2D eigenvalue weighted by Crippen LogP contribution is 2.18. The predicted molar refractivity (Wildman–Crippen MR) is 53.9 cm³/mol. The molecule has 0 fully saturated rings. The van der Waals surface area contributed by atoms with Gasteiger partial charge in [-0.3, -0.25) is 4.68 Å². The number of rotatable bonds is 3. The SMILES string of the molecule is Cn1nccc1COc1ccc(F)cc1F. The summed E-state index contributed by atoms with van der Waals surface area (Å²) < 4.78 is 32.6. The number of benzene rings is 1. The van der Waals surface area contributed by atoms with Crippen molar-refractivity contribution in [2.24, 2.45) is 7.05 Å². The molecule has 0 bridgehead atoms. The Kier molecular flexibility index (Phi) is 2.85. The monoisotopic (exact) mass is 224 g/mol. The minimum Gasteiger partial charge on any atom is -0.484 e. The number of aromatic nitrogens is 2. The number of hydrogen-bond donors (Lipinski definition) is 0. The Morgan fingerprint density at radius 3 is 2.75 bits per heavy atom. The van der Waals surface area contributed by atoms with Gasteiger partial charge < -0.3 is 4.74 Å². The van der Waals surface area contributed by atoms with Crippen LogP contribution in [0.3, 0.4) is 0 Å². The van der Waals surface area contributed by atoms with Gasteiger partial charge >= 0.3 is 0 Å². The highest BCUT2D eigenvalue weighted by atomic mass is 19.1. The molecule has 0 amide bonds. The molecule has 5 heteroatoms. The maximum Gasteiger partial charge on any atom is 0.167 e. The van der Waals surface area contributed by atoms with Gasteiger partial charge in [-0.15, -0.1) is 0 Å². The summed E-state index contributed by atoms with van der Waals surface area (Å²) in [6, 6.07) is 4.97. The lowest BCUT2D eigenvalue weighted by atomic mass is 10.3. The van der Waals surface area contributed by atoms with Gasteiger partial charge in [0.1, 0.15) is 12.4 Å². The van der Waals surface area contributed by atoms with Crippen molar-refractivity contribution in [2.45, 2.75) is 6.61 Å². The predicted octanol–water partition coefficient (Wildman–Crippen LogP) is 2.28. The second kappa shape index (κ2) is 4.30. The molecule has 2 rings (SSSR count). The molecule has 0 aliphatic carbocycles. The lowest BCUT2D eigenvalue weighted by molar-refractivity contribution is 0.279. The molecule has 0 atom stereocenters. The Morgan fingerprint density at radius 1 is 1.31 bits per heavy atom. The van der Waals surface area contributed by atoms with E-state index in [1.54, 1.807) is 24.0 Å². The zero-order valence-electron chi connectivity index (χ0n) is 8.65. The van der Waals surface area contributed by atoms with E-state index in [4.69, 9.17) is 4.74 Å². The molecular formula is C11H10F2N2O. The van der Waals surface area contributed by atoms with E-state index in [-0.39, 0.29) is 12.4 Å². The van der Waals surface area contributed by atoms with Crippen molar-refractivity contribution in [1.29, 1.82) is 0 Å². The Labute approximate surface area is 91.3 Å². The lowest BCUT2D eigenvalue weighted by Crippen LogP contribution is -2.03. The summed E-state index contributed by atoms with van der Waals surface area (Å²) in [6.45, 7) is 0.194. The summed E-state index contributed by atoms with van der Waals surface area (Å²) >= 11 is 0. The first-order valence-corrected chi connectivity index (χ1v) is 4.71. The van der Waals surface area contributed by atoms with Crippen molar-refractivity contribution in [1.82, 2.24) is 9.78 Å². The van der Waals surface area contributed by atoms with Crippen LogP contribution in [0.5, 0.6) is 5.75 Å². The molecule has 0 N–H and O–H groups in total. The third kappa shape index (κ3) is 2.18. The number of aryl methyl sites for hydroxylation is 1. The average Bonchev–Trinajstić information content (AvgIpc) is 2.63. The van der Waals surface area contributed by atoms with Gasteiger partial charge in [0, 0.05) is 19.3 Å². The summed E-state index contributed by atoms with van der Waals surface area (Å²) in [4.78, 5) is 0. The van der Waals surface area contributed by atoms with E-state index in [0.29, 0.717) is 0 Å². The van der Waals surface area contributed by atoms with Gasteiger partial charge in [-0.05, 0) is 18.2 Å².